The van der Waals surface area contributed by atoms with Gasteiger partial charge in [0.15, 0.2) is 0 Å². The number of carbonyl (C=O) groups is 2. The minimum absolute atomic E-state index is 0.0811. The van der Waals surface area contributed by atoms with Crippen LogP contribution in [0.2, 0.25) is 0 Å². The van der Waals surface area contributed by atoms with Gasteiger partial charge in [0.1, 0.15) is 18.4 Å². The predicted octanol–water partition coefficient (Wildman–Crippen LogP) is 2.39. The zero-order valence-corrected chi connectivity index (χ0v) is 15.2. The molecule has 1 aromatic rings. The maximum Gasteiger partial charge on any atom is 0.247 e. The third-order valence-electron chi connectivity index (χ3n) is 4.24. The Bertz CT molecular complexity index is 572. The number of nitrogens with one attached hydrogen (secondary N) is 1. The van der Waals surface area contributed by atoms with Crippen molar-refractivity contribution in [3.05, 3.63) is 24.3 Å². The summed E-state index contributed by atoms with van der Waals surface area (Å²) >= 11 is 0. The molecular weight excluding hydrogens is 318 g/mol. The number of ether oxygens (including phenoxy) is 1. The van der Waals surface area contributed by atoms with E-state index in [-0.39, 0.29) is 11.8 Å². The summed E-state index contributed by atoms with van der Waals surface area (Å²) in [6, 6.07) is 6.78. The number of nitrogens with two attached hydrogens (primary N) is 1. The normalized spacial score (nSPS) is 16.0. The molecule has 0 radical (unpaired) electrons. The second kappa shape index (κ2) is 9.42. The van der Waals surface area contributed by atoms with Crippen LogP contribution in [0, 0.1) is 5.92 Å². The molecule has 1 heterocycles. The van der Waals surface area contributed by atoms with Crippen molar-refractivity contribution in [2.75, 3.05) is 25.0 Å². The molecule has 1 fully saturated rings. The number of rotatable bonds is 8. The molecule has 2 amide bonds. The number of carbonyl (C=O) groups excluding carboxylic acids is 2. The minimum atomic E-state index is -0.416. The van der Waals surface area contributed by atoms with E-state index in [1.54, 1.807) is 29.2 Å². The van der Waals surface area contributed by atoms with Crippen molar-refractivity contribution in [2.45, 2.75) is 45.6 Å². The van der Waals surface area contributed by atoms with Crippen molar-refractivity contribution in [1.82, 2.24) is 4.90 Å². The molecule has 6 heteroatoms. The highest BCUT2D eigenvalue weighted by Crippen LogP contribution is 2.21. The van der Waals surface area contributed by atoms with E-state index in [1.165, 1.54) is 0 Å². The predicted molar refractivity (Wildman–Crippen MR) is 98.4 cm³/mol. The highest BCUT2D eigenvalue weighted by atomic mass is 16.5. The number of piperidine rings is 1. The first kappa shape index (κ1) is 19.2. The highest BCUT2D eigenvalue weighted by molar-refractivity contribution is 5.97. The third-order valence-corrected chi connectivity index (χ3v) is 4.24. The van der Waals surface area contributed by atoms with Gasteiger partial charge in [-0.05, 0) is 49.4 Å². The summed E-state index contributed by atoms with van der Waals surface area (Å²) in [6.07, 6.45) is 3.07. The molecule has 3 N–H and O–H groups in total. The Morgan fingerprint density at radius 2 is 2.00 bits per heavy atom. The smallest absolute Gasteiger partial charge is 0.247 e. The van der Waals surface area contributed by atoms with Crippen LogP contribution in [0.4, 0.5) is 5.69 Å². The van der Waals surface area contributed by atoms with Crippen LogP contribution in [0.3, 0.4) is 0 Å². The van der Waals surface area contributed by atoms with Crippen LogP contribution in [0.25, 0.3) is 0 Å². The van der Waals surface area contributed by atoms with E-state index in [2.05, 4.69) is 19.2 Å². The van der Waals surface area contributed by atoms with Gasteiger partial charge in [0.25, 0.3) is 0 Å². The number of benzene rings is 1. The molecule has 0 saturated carbocycles. The second-order valence-electron chi connectivity index (χ2n) is 6.84. The number of hydrogen-bond donors (Lipinski definition) is 2. The molecular formula is C19H29N3O3. The quantitative estimate of drug-likeness (QED) is 0.756. The lowest BCUT2D eigenvalue weighted by Crippen LogP contribution is -2.49. The van der Waals surface area contributed by atoms with Crippen LogP contribution in [0.15, 0.2) is 24.3 Å². The van der Waals surface area contributed by atoms with Crippen molar-refractivity contribution in [1.29, 1.82) is 0 Å². The molecule has 1 unspecified atom stereocenters. The lowest BCUT2D eigenvalue weighted by atomic mass is 9.98. The molecule has 0 bridgehead atoms. The topological polar surface area (TPSA) is 84.7 Å². The fourth-order valence-electron chi connectivity index (χ4n) is 3.02. The summed E-state index contributed by atoms with van der Waals surface area (Å²) in [5, 5.41) is 2.94. The van der Waals surface area contributed by atoms with E-state index in [9.17, 15) is 9.59 Å². The van der Waals surface area contributed by atoms with E-state index < -0.39 is 6.04 Å². The van der Waals surface area contributed by atoms with Crippen molar-refractivity contribution < 1.29 is 14.3 Å². The molecule has 1 aliphatic heterocycles. The molecule has 0 aromatic heterocycles. The fourth-order valence-corrected chi connectivity index (χ4v) is 3.02. The number of anilines is 1. The van der Waals surface area contributed by atoms with Crippen LogP contribution >= 0.6 is 0 Å². The van der Waals surface area contributed by atoms with Crippen LogP contribution in [0.1, 0.15) is 39.5 Å². The van der Waals surface area contributed by atoms with Gasteiger partial charge in [0.05, 0.1) is 0 Å². The average molecular weight is 347 g/mol. The van der Waals surface area contributed by atoms with Crippen LogP contribution in [-0.4, -0.2) is 42.5 Å². The van der Waals surface area contributed by atoms with E-state index >= 15 is 0 Å². The van der Waals surface area contributed by atoms with E-state index in [4.69, 9.17) is 10.5 Å². The molecule has 1 atom stereocenters. The van der Waals surface area contributed by atoms with Crippen molar-refractivity contribution in [2.24, 2.45) is 11.7 Å². The molecule has 25 heavy (non-hydrogen) atoms. The Hall–Kier alpha value is -2.08. The third kappa shape index (κ3) is 5.74. The molecule has 1 saturated heterocycles. The van der Waals surface area contributed by atoms with Gasteiger partial charge >= 0.3 is 0 Å². The molecule has 138 valence electrons. The van der Waals surface area contributed by atoms with Crippen LogP contribution in [-0.2, 0) is 9.59 Å². The summed E-state index contributed by atoms with van der Waals surface area (Å²) in [4.78, 5) is 26.8. The molecule has 1 aliphatic rings. The highest BCUT2D eigenvalue weighted by Gasteiger charge is 2.31. The Morgan fingerprint density at radius 1 is 1.28 bits per heavy atom. The first-order valence-corrected chi connectivity index (χ1v) is 9.04. The lowest BCUT2D eigenvalue weighted by Gasteiger charge is -2.34. The SMILES string of the molecule is CC(C)CC(C(=O)Nc1ccc(OCCN)cc1)N1CCCCC1=O. The molecule has 2 rings (SSSR count). The molecule has 0 aliphatic carbocycles. The van der Waals surface area contributed by atoms with Gasteiger partial charge in [-0.1, -0.05) is 13.8 Å². The van der Waals surface area contributed by atoms with Crippen LogP contribution in [0.5, 0.6) is 5.75 Å². The minimum Gasteiger partial charge on any atom is -0.492 e. The Balaban J connectivity index is 2.04. The Kier molecular flexibility index (Phi) is 7.25. The van der Waals surface area contributed by atoms with Gasteiger partial charge in [-0.2, -0.15) is 0 Å². The number of likely N-dealkylation sites (tertiary alicyclic amines) is 1. The standard InChI is InChI=1S/C19H29N3O3/c1-14(2)13-17(22-11-4-3-5-18(22)23)19(24)21-15-6-8-16(9-7-15)25-12-10-20/h6-9,14,17H,3-5,10-13,20H2,1-2H3,(H,21,24). The first-order chi connectivity index (χ1) is 12.0. The fraction of sp³-hybridized carbons (Fsp3) is 0.579. The number of nitrogens with zero attached hydrogens (tertiary/aromatic N) is 1. The molecule has 0 spiro atoms. The Morgan fingerprint density at radius 3 is 2.60 bits per heavy atom. The van der Waals surface area contributed by atoms with Crippen LogP contribution < -0.4 is 15.8 Å². The zero-order chi connectivity index (χ0) is 18.2. The lowest BCUT2D eigenvalue weighted by molar-refractivity contribution is -0.141. The van der Waals surface area contributed by atoms with E-state index in [1.807, 2.05) is 0 Å². The maximum atomic E-state index is 12.8. The molecule has 6 nitrogen and oxygen atoms in total. The van der Waals surface area contributed by atoms with Gasteiger partial charge in [-0.3, -0.25) is 9.59 Å². The largest absolute Gasteiger partial charge is 0.492 e. The van der Waals surface area contributed by atoms with Crippen molar-refractivity contribution in [3.8, 4) is 5.75 Å². The summed E-state index contributed by atoms with van der Waals surface area (Å²) in [5.41, 5.74) is 6.11. The summed E-state index contributed by atoms with van der Waals surface area (Å²) < 4.78 is 5.43. The van der Waals surface area contributed by atoms with Gasteiger partial charge < -0.3 is 20.7 Å². The van der Waals surface area contributed by atoms with Gasteiger partial charge in [0.2, 0.25) is 11.8 Å². The van der Waals surface area contributed by atoms with E-state index in [0.29, 0.717) is 49.9 Å². The summed E-state index contributed by atoms with van der Waals surface area (Å²) in [6.45, 7) is 5.71. The summed E-state index contributed by atoms with van der Waals surface area (Å²) in [7, 11) is 0. The van der Waals surface area contributed by atoms with Crippen molar-refractivity contribution >= 4 is 17.5 Å². The first-order valence-electron chi connectivity index (χ1n) is 9.04. The maximum absolute atomic E-state index is 12.8. The van der Waals surface area contributed by atoms with Gasteiger partial charge in [-0.25, -0.2) is 0 Å². The average Bonchev–Trinajstić information content (AvgIpc) is 2.59. The second-order valence-corrected chi connectivity index (χ2v) is 6.84. The number of amides is 2. The molecule has 1 aromatic carbocycles. The summed E-state index contributed by atoms with van der Waals surface area (Å²) in [5.74, 6) is 1.00. The number of hydrogen-bond acceptors (Lipinski definition) is 4. The Labute approximate surface area is 149 Å². The van der Waals surface area contributed by atoms with Gasteiger partial charge in [-0.15, -0.1) is 0 Å². The van der Waals surface area contributed by atoms with Crippen molar-refractivity contribution in [3.63, 3.8) is 0 Å². The van der Waals surface area contributed by atoms with Gasteiger partial charge in [0, 0.05) is 25.2 Å². The monoisotopic (exact) mass is 347 g/mol. The van der Waals surface area contributed by atoms with E-state index in [0.717, 1.165) is 12.8 Å². The zero-order valence-electron chi connectivity index (χ0n) is 15.2.